The molecular formula is C13H11F6NO2. The van der Waals surface area contributed by atoms with Crippen LogP contribution in [0.15, 0.2) is 35.5 Å². The van der Waals surface area contributed by atoms with E-state index in [0.29, 0.717) is 12.1 Å². The largest absolute Gasteiger partial charge is 0.478 e. The van der Waals surface area contributed by atoms with Crippen LogP contribution in [0.5, 0.6) is 0 Å². The molecule has 0 amide bonds. The Morgan fingerprint density at radius 2 is 1.77 bits per heavy atom. The molecule has 0 radical (unpaired) electrons. The van der Waals surface area contributed by atoms with Crippen LogP contribution < -0.4 is 5.32 Å². The van der Waals surface area contributed by atoms with Gasteiger partial charge < -0.3 is 10.4 Å². The van der Waals surface area contributed by atoms with Gasteiger partial charge in [0.15, 0.2) is 0 Å². The lowest BCUT2D eigenvalue weighted by Gasteiger charge is -2.18. The number of nitrogens with one attached hydrogen (secondary N) is 1. The van der Waals surface area contributed by atoms with Crippen LogP contribution in [0.2, 0.25) is 0 Å². The van der Waals surface area contributed by atoms with Gasteiger partial charge in [-0.05, 0) is 24.6 Å². The average Bonchev–Trinajstić information content (AvgIpc) is 2.36. The summed E-state index contributed by atoms with van der Waals surface area (Å²) >= 11 is 0. The fraction of sp³-hybridized carbons (Fsp3) is 0.308. The number of anilines is 1. The fourth-order valence-corrected chi connectivity index (χ4v) is 1.67. The molecule has 0 saturated heterocycles. The number of hydrogen-bond donors (Lipinski definition) is 2. The van der Waals surface area contributed by atoms with Gasteiger partial charge in [-0.2, -0.15) is 26.3 Å². The minimum Gasteiger partial charge on any atom is -0.478 e. The summed E-state index contributed by atoms with van der Waals surface area (Å²) in [7, 11) is 0. The highest BCUT2D eigenvalue weighted by molar-refractivity contribution is 5.88. The van der Waals surface area contributed by atoms with Gasteiger partial charge in [0.05, 0.1) is 11.1 Å². The minimum absolute atomic E-state index is 0.448. The molecule has 0 unspecified atom stereocenters. The summed E-state index contributed by atoms with van der Waals surface area (Å²) in [6.07, 6.45) is -10.2. The third-order valence-corrected chi connectivity index (χ3v) is 2.66. The molecule has 9 heteroatoms. The third kappa shape index (κ3) is 4.40. The van der Waals surface area contributed by atoms with Crippen LogP contribution in [-0.2, 0) is 11.0 Å². The Bertz CT molecular complexity index is 589. The Kier molecular flexibility index (Phi) is 5.10. The quantitative estimate of drug-likeness (QED) is 0.635. The zero-order valence-corrected chi connectivity index (χ0v) is 11.1. The van der Waals surface area contributed by atoms with Gasteiger partial charge in [0.25, 0.3) is 0 Å². The second-order valence-electron chi connectivity index (χ2n) is 4.21. The maximum atomic E-state index is 12.9. The first-order valence-corrected chi connectivity index (χ1v) is 5.94. The van der Waals surface area contributed by atoms with Crippen molar-refractivity contribution in [2.45, 2.75) is 25.7 Å². The summed E-state index contributed by atoms with van der Waals surface area (Å²) in [5.41, 5.74) is -4.21. The lowest BCUT2D eigenvalue weighted by atomic mass is 10.1. The van der Waals surface area contributed by atoms with Crippen molar-refractivity contribution in [3.05, 3.63) is 41.1 Å². The number of aliphatic carboxylic acids is 1. The monoisotopic (exact) mass is 327 g/mol. The average molecular weight is 327 g/mol. The number of carboxylic acid groups (broad SMARTS) is 1. The minimum atomic E-state index is -5.04. The maximum Gasteiger partial charge on any atom is 0.431 e. The predicted molar refractivity (Wildman–Crippen MR) is 66.1 cm³/mol. The van der Waals surface area contributed by atoms with Crippen molar-refractivity contribution in [1.29, 1.82) is 0 Å². The number of alkyl halides is 6. The van der Waals surface area contributed by atoms with Gasteiger partial charge in [-0.1, -0.05) is 13.0 Å². The van der Waals surface area contributed by atoms with Crippen molar-refractivity contribution < 1.29 is 36.2 Å². The number of allylic oxidation sites excluding steroid dienone is 1. The molecule has 22 heavy (non-hydrogen) atoms. The number of hydrogen-bond acceptors (Lipinski definition) is 2. The van der Waals surface area contributed by atoms with Crippen LogP contribution in [-0.4, -0.2) is 17.3 Å². The standard InChI is InChI=1S/C13H11F6NO2/c1-2-9(11(21)22)10(13(17,18)19)20-8-5-3-4-7(6-8)12(14,15)16/h3-6,20H,2H2,1H3,(H,21,22)/b10-9-. The number of halogens is 6. The van der Waals surface area contributed by atoms with Crippen molar-refractivity contribution in [3.8, 4) is 0 Å². The van der Waals surface area contributed by atoms with Gasteiger partial charge in [0, 0.05) is 5.69 Å². The Morgan fingerprint density at radius 1 is 1.18 bits per heavy atom. The van der Waals surface area contributed by atoms with Gasteiger partial charge in [-0.3, -0.25) is 0 Å². The van der Waals surface area contributed by atoms with E-state index in [1.165, 1.54) is 6.92 Å². The summed E-state index contributed by atoms with van der Waals surface area (Å²) in [4.78, 5) is 10.9. The lowest BCUT2D eigenvalue weighted by Crippen LogP contribution is -2.24. The highest BCUT2D eigenvalue weighted by atomic mass is 19.4. The van der Waals surface area contributed by atoms with Crippen molar-refractivity contribution in [2.24, 2.45) is 0 Å². The second kappa shape index (κ2) is 6.29. The molecule has 1 rings (SSSR count). The Balaban J connectivity index is 3.31. The van der Waals surface area contributed by atoms with E-state index in [1.807, 2.05) is 0 Å². The highest BCUT2D eigenvalue weighted by Gasteiger charge is 2.38. The van der Waals surface area contributed by atoms with Crippen LogP contribution in [0.1, 0.15) is 18.9 Å². The molecule has 1 aromatic carbocycles. The van der Waals surface area contributed by atoms with E-state index in [1.54, 1.807) is 5.32 Å². The molecule has 0 atom stereocenters. The zero-order chi connectivity index (χ0) is 17.1. The molecule has 2 N–H and O–H groups in total. The third-order valence-electron chi connectivity index (χ3n) is 2.66. The highest BCUT2D eigenvalue weighted by Crippen LogP contribution is 2.34. The number of rotatable bonds is 4. The number of carboxylic acids is 1. The summed E-state index contributed by atoms with van der Waals surface area (Å²) in [6, 6.07) is 3.07. The molecule has 0 fully saturated rings. The molecular weight excluding hydrogens is 316 g/mol. The summed E-state index contributed by atoms with van der Waals surface area (Å²) in [6.45, 7) is 1.20. The molecule has 122 valence electrons. The molecule has 3 nitrogen and oxygen atoms in total. The number of benzene rings is 1. The Hall–Kier alpha value is -2.19. The van der Waals surface area contributed by atoms with E-state index in [2.05, 4.69) is 0 Å². The maximum absolute atomic E-state index is 12.9. The van der Waals surface area contributed by atoms with E-state index in [9.17, 15) is 31.1 Å². The summed E-state index contributed by atoms with van der Waals surface area (Å²) < 4.78 is 76.4. The van der Waals surface area contributed by atoms with Crippen LogP contribution in [0.3, 0.4) is 0 Å². The van der Waals surface area contributed by atoms with E-state index in [-0.39, 0.29) is 0 Å². The van der Waals surface area contributed by atoms with E-state index in [0.717, 1.165) is 12.1 Å². The zero-order valence-electron chi connectivity index (χ0n) is 11.1. The van der Waals surface area contributed by atoms with Gasteiger partial charge in [-0.25, -0.2) is 4.79 Å². The SMILES string of the molecule is CC/C(C(=O)O)=C(/Nc1cccc(C(F)(F)F)c1)C(F)(F)F. The topological polar surface area (TPSA) is 49.3 Å². The first-order chi connectivity index (χ1) is 9.96. The molecule has 0 aliphatic rings. The lowest BCUT2D eigenvalue weighted by molar-refractivity contribution is -0.137. The summed E-state index contributed by atoms with van der Waals surface area (Å²) in [5, 5.41) is 10.5. The van der Waals surface area contributed by atoms with Crippen molar-refractivity contribution in [1.82, 2.24) is 0 Å². The summed E-state index contributed by atoms with van der Waals surface area (Å²) in [5.74, 6) is -1.80. The second-order valence-corrected chi connectivity index (χ2v) is 4.21. The van der Waals surface area contributed by atoms with Crippen LogP contribution >= 0.6 is 0 Å². The van der Waals surface area contributed by atoms with Crippen LogP contribution in [0.4, 0.5) is 32.0 Å². The molecule has 0 aliphatic heterocycles. The van der Waals surface area contributed by atoms with Crippen molar-refractivity contribution in [2.75, 3.05) is 5.32 Å². The van der Waals surface area contributed by atoms with E-state index >= 15 is 0 Å². The smallest absolute Gasteiger partial charge is 0.431 e. The molecule has 0 aliphatic carbocycles. The first-order valence-electron chi connectivity index (χ1n) is 5.94. The predicted octanol–water partition coefficient (Wildman–Crippen LogP) is 4.43. The molecule has 1 aromatic rings. The molecule has 0 heterocycles. The van der Waals surface area contributed by atoms with Crippen molar-refractivity contribution in [3.63, 3.8) is 0 Å². The van der Waals surface area contributed by atoms with Crippen LogP contribution in [0.25, 0.3) is 0 Å². The van der Waals surface area contributed by atoms with Crippen LogP contribution in [0, 0.1) is 0 Å². The normalized spacial score (nSPS) is 13.6. The molecule has 0 saturated carbocycles. The van der Waals surface area contributed by atoms with E-state index in [4.69, 9.17) is 5.11 Å². The molecule has 0 aromatic heterocycles. The van der Waals surface area contributed by atoms with Gasteiger partial charge in [0.1, 0.15) is 5.70 Å². The van der Waals surface area contributed by atoms with Crippen molar-refractivity contribution >= 4 is 11.7 Å². The first kappa shape index (κ1) is 17.9. The van der Waals surface area contributed by atoms with Gasteiger partial charge >= 0.3 is 18.3 Å². The van der Waals surface area contributed by atoms with E-state index < -0.39 is 47.3 Å². The Labute approximate surface area is 121 Å². The van der Waals surface area contributed by atoms with Gasteiger partial charge in [0.2, 0.25) is 0 Å². The molecule has 0 bridgehead atoms. The molecule has 0 spiro atoms. The van der Waals surface area contributed by atoms with Gasteiger partial charge in [-0.15, -0.1) is 0 Å². The Morgan fingerprint density at radius 3 is 2.18 bits per heavy atom. The number of carbonyl (C=O) groups is 1. The fourth-order valence-electron chi connectivity index (χ4n) is 1.67.